The fourth-order valence-corrected chi connectivity index (χ4v) is 1.53. The predicted molar refractivity (Wildman–Crippen MR) is 42.4 cm³/mol. The summed E-state index contributed by atoms with van der Waals surface area (Å²) >= 11 is 0. The van der Waals surface area contributed by atoms with E-state index in [-0.39, 0.29) is 6.04 Å². The molecule has 1 fully saturated rings. The van der Waals surface area contributed by atoms with E-state index in [9.17, 15) is 17.2 Å². The first-order chi connectivity index (χ1) is 5.79. The molecule has 0 aromatic heterocycles. The number of alkyl halides is 2. The summed E-state index contributed by atoms with van der Waals surface area (Å²) in [6.07, 6.45) is 1.70. The van der Waals surface area contributed by atoms with Crippen LogP contribution in [0.3, 0.4) is 0 Å². The van der Waals surface area contributed by atoms with Crippen LogP contribution in [0.25, 0.3) is 0 Å². The van der Waals surface area contributed by atoms with E-state index in [4.69, 9.17) is 4.55 Å². The molecule has 1 saturated carbocycles. The zero-order valence-electron chi connectivity index (χ0n) is 6.83. The van der Waals surface area contributed by atoms with Gasteiger partial charge in [0.15, 0.2) is 0 Å². The van der Waals surface area contributed by atoms with Crippen molar-refractivity contribution in [2.45, 2.75) is 24.8 Å². The lowest BCUT2D eigenvalue weighted by Crippen LogP contribution is -2.39. The Bertz CT molecular complexity index is 274. The Labute approximate surface area is 75.1 Å². The molecular formula is C6H11F2NO3S. The lowest BCUT2D eigenvalue weighted by molar-refractivity contribution is 0.0246. The van der Waals surface area contributed by atoms with Gasteiger partial charge in [-0.2, -0.15) is 8.42 Å². The van der Waals surface area contributed by atoms with Crippen LogP contribution in [0.2, 0.25) is 0 Å². The number of hydrogen-bond acceptors (Lipinski definition) is 3. The second-order valence-corrected chi connectivity index (χ2v) is 4.69. The molecule has 0 aromatic rings. The van der Waals surface area contributed by atoms with Crippen molar-refractivity contribution in [3.8, 4) is 0 Å². The van der Waals surface area contributed by atoms with E-state index in [1.165, 1.54) is 0 Å². The minimum absolute atomic E-state index is 0.0901. The Balaban J connectivity index is 2.34. The molecule has 0 bridgehead atoms. The first-order valence-electron chi connectivity index (χ1n) is 3.85. The molecule has 7 heteroatoms. The van der Waals surface area contributed by atoms with Gasteiger partial charge in [-0.15, -0.1) is 0 Å². The Kier molecular flexibility index (Phi) is 2.88. The van der Waals surface area contributed by atoms with Crippen molar-refractivity contribution < 1.29 is 21.8 Å². The summed E-state index contributed by atoms with van der Waals surface area (Å²) in [5.41, 5.74) is 0. The quantitative estimate of drug-likeness (QED) is 0.646. The molecule has 4 nitrogen and oxygen atoms in total. The van der Waals surface area contributed by atoms with E-state index in [1.54, 1.807) is 0 Å². The topological polar surface area (TPSA) is 66.4 Å². The number of nitrogens with one attached hydrogen (secondary N) is 1. The first kappa shape index (κ1) is 10.8. The van der Waals surface area contributed by atoms with Gasteiger partial charge >= 0.3 is 0 Å². The third-order valence-corrected chi connectivity index (χ3v) is 2.41. The third-order valence-electron chi connectivity index (χ3n) is 1.62. The molecule has 2 N–H and O–H groups in total. The highest BCUT2D eigenvalue weighted by Crippen LogP contribution is 2.21. The molecule has 0 unspecified atom stereocenters. The number of rotatable bonds is 5. The molecule has 1 aliphatic rings. The molecule has 1 aliphatic carbocycles. The predicted octanol–water partition coefficient (Wildman–Crippen LogP) is 0.262. The maximum absolute atomic E-state index is 12.7. The molecule has 0 aromatic carbocycles. The van der Waals surface area contributed by atoms with Crippen LogP contribution in [0.5, 0.6) is 0 Å². The van der Waals surface area contributed by atoms with E-state index < -0.39 is 28.3 Å². The average molecular weight is 215 g/mol. The highest BCUT2D eigenvalue weighted by molar-refractivity contribution is 7.85. The van der Waals surface area contributed by atoms with E-state index in [2.05, 4.69) is 5.32 Å². The van der Waals surface area contributed by atoms with Crippen LogP contribution >= 0.6 is 0 Å². The lowest BCUT2D eigenvalue weighted by Gasteiger charge is -2.14. The van der Waals surface area contributed by atoms with Gasteiger partial charge in [0, 0.05) is 6.04 Å². The normalized spacial score (nSPS) is 19.0. The van der Waals surface area contributed by atoms with Gasteiger partial charge in [-0.25, -0.2) is 8.78 Å². The molecule has 0 aliphatic heterocycles. The maximum Gasteiger partial charge on any atom is 0.276 e. The summed E-state index contributed by atoms with van der Waals surface area (Å²) in [5.74, 6) is -4.91. The molecule has 0 atom stereocenters. The zero-order chi connectivity index (χ0) is 10.1. The van der Waals surface area contributed by atoms with Crippen molar-refractivity contribution in [1.82, 2.24) is 5.32 Å². The second kappa shape index (κ2) is 3.47. The fourth-order valence-electron chi connectivity index (χ4n) is 0.899. The molecule has 0 amide bonds. The number of halogens is 2. The second-order valence-electron chi connectivity index (χ2n) is 3.24. The molecule has 0 spiro atoms. The molecule has 13 heavy (non-hydrogen) atoms. The van der Waals surface area contributed by atoms with Crippen LogP contribution in [0.4, 0.5) is 8.78 Å². The Hall–Kier alpha value is -0.270. The summed E-state index contributed by atoms with van der Waals surface area (Å²) in [4.78, 5) is 0. The Morgan fingerprint density at radius 2 is 2.00 bits per heavy atom. The van der Waals surface area contributed by atoms with Gasteiger partial charge in [0.05, 0.1) is 6.54 Å². The van der Waals surface area contributed by atoms with Crippen LogP contribution in [0.1, 0.15) is 12.8 Å². The molecule has 78 valence electrons. The fraction of sp³-hybridized carbons (Fsp3) is 1.00. The van der Waals surface area contributed by atoms with Gasteiger partial charge in [0.1, 0.15) is 5.75 Å². The highest BCUT2D eigenvalue weighted by Gasteiger charge is 2.36. The van der Waals surface area contributed by atoms with E-state index >= 15 is 0 Å². The van der Waals surface area contributed by atoms with Gasteiger partial charge in [0.25, 0.3) is 16.0 Å². The first-order valence-corrected chi connectivity index (χ1v) is 5.46. The Morgan fingerprint density at radius 3 is 2.38 bits per heavy atom. The standard InChI is InChI=1S/C6H11F2NO3S/c7-6(8,4-13(10,11)12)3-9-5-1-2-5/h5,9H,1-4H2,(H,10,11,12). The molecule has 0 radical (unpaired) electrons. The summed E-state index contributed by atoms with van der Waals surface area (Å²) < 4.78 is 53.9. The summed E-state index contributed by atoms with van der Waals surface area (Å²) in [7, 11) is -4.60. The van der Waals surface area contributed by atoms with Crippen LogP contribution in [-0.4, -0.2) is 37.2 Å². The monoisotopic (exact) mass is 215 g/mol. The van der Waals surface area contributed by atoms with Crippen molar-refractivity contribution >= 4 is 10.1 Å². The number of hydrogen-bond donors (Lipinski definition) is 2. The van der Waals surface area contributed by atoms with Crippen LogP contribution in [0.15, 0.2) is 0 Å². The zero-order valence-corrected chi connectivity index (χ0v) is 7.65. The van der Waals surface area contributed by atoms with Crippen molar-refractivity contribution in [1.29, 1.82) is 0 Å². The van der Waals surface area contributed by atoms with E-state index in [1.807, 2.05) is 0 Å². The van der Waals surface area contributed by atoms with Gasteiger partial charge in [0.2, 0.25) is 0 Å². The third kappa shape index (κ3) is 5.12. The van der Waals surface area contributed by atoms with Gasteiger partial charge in [-0.1, -0.05) is 0 Å². The average Bonchev–Trinajstić information content (AvgIpc) is 2.59. The van der Waals surface area contributed by atoms with E-state index in [0.717, 1.165) is 12.8 Å². The van der Waals surface area contributed by atoms with Crippen LogP contribution < -0.4 is 5.32 Å². The van der Waals surface area contributed by atoms with Crippen molar-refractivity contribution in [3.05, 3.63) is 0 Å². The van der Waals surface area contributed by atoms with Crippen molar-refractivity contribution in [2.24, 2.45) is 0 Å². The minimum atomic E-state index is -4.60. The van der Waals surface area contributed by atoms with Gasteiger partial charge < -0.3 is 5.32 Å². The smallest absolute Gasteiger partial charge is 0.276 e. The summed E-state index contributed by atoms with van der Waals surface area (Å²) in [6.45, 7) is -0.697. The van der Waals surface area contributed by atoms with Crippen LogP contribution in [0, 0.1) is 0 Å². The molecule has 1 rings (SSSR count). The van der Waals surface area contributed by atoms with Crippen LogP contribution in [-0.2, 0) is 10.1 Å². The van der Waals surface area contributed by atoms with Gasteiger partial charge in [-0.05, 0) is 12.8 Å². The Morgan fingerprint density at radius 1 is 1.46 bits per heavy atom. The van der Waals surface area contributed by atoms with Crippen molar-refractivity contribution in [3.63, 3.8) is 0 Å². The largest absolute Gasteiger partial charge is 0.308 e. The minimum Gasteiger partial charge on any atom is -0.308 e. The van der Waals surface area contributed by atoms with E-state index in [0.29, 0.717) is 0 Å². The summed E-state index contributed by atoms with van der Waals surface area (Å²) in [6, 6.07) is 0.0901. The maximum atomic E-state index is 12.7. The molecular weight excluding hydrogens is 204 g/mol. The summed E-state index contributed by atoms with van der Waals surface area (Å²) in [5, 5.41) is 2.49. The highest BCUT2D eigenvalue weighted by atomic mass is 32.2. The lowest BCUT2D eigenvalue weighted by atomic mass is 10.4. The van der Waals surface area contributed by atoms with Gasteiger partial charge in [-0.3, -0.25) is 4.55 Å². The molecule has 0 saturated heterocycles. The van der Waals surface area contributed by atoms with Crippen molar-refractivity contribution in [2.75, 3.05) is 12.3 Å². The molecule has 0 heterocycles. The SMILES string of the molecule is O=S(=O)(O)CC(F)(F)CNC1CC1.